The number of nitrogens with one attached hydrogen (secondary N) is 2. The van der Waals surface area contributed by atoms with E-state index in [-0.39, 0.29) is 23.6 Å². The topological polar surface area (TPSA) is 116 Å². The number of carboxylic acids is 2. The number of hydrogen-bond acceptors (Lipinski definition) is 4. The van der Waals surface area contributed by atoms with Gasteiger partial charge in [-0.1, -0.05) is 60.1 Å². The van der Waals surface area contributed by atoms with Gasteiger partial charge < -0.3 is 20.8 Å². The number of amides is 1. The lowest BCUT2D eigenvalue weighted by Crippen LogP contribution is -2.42. The standard InChI is InChI=1S/C26H25ClN2O5/c1-16-11-20(19-6-4-5-17(12-19)14-28-15-24(30)31)10-9-18(16)13-23(26(33)34)29-25(32)21-7-2-3-8-22(21)27/h2-12,23,28H,13-15H2,1H3,(H,29,32)(H,30,31)(H,33,34). The van der Waals surface area contributed by atoms with E-state index in [1.807, 2.05) is 49.4 Å². The monoisotopic (exact) mass is 480 g/mol. The molecule has 0 aliphatic carbocycles. The second-order valence-electron chi connectivity index (χ2n) is 7.89. The number of aryl methyl sites for hydroxylation is 1. The van der Waals surface area contributed by atoms with E-state index in [1.165, 1.54) is 0 Å². The molecule has 0 aliphatic rings. The zero-order valence-corrected chi connectivity index (χ0v) is 19.3. The van der Waals surface area contributed by atoms with Crippen LogP contribution in [0.4, 0.5) is 0 Å². The Balaban J connectivity index is 1.73. The molecule has 0 bridgehead atoms. The summed E-state index contributed by atoms with van der Waals surface area (Å²) in [6, 6.07) is 18.8. The SMILES string of the molecule is Cc1cc(-c2cccc(CNCC(=O)O)c2)ccc1CC(NC(=O)c1ccccc1Cl)C(=O)O. The van der Waals surface area contributed by atoms with Crippen LogP contribution < -0.4 is 10.6 Å². The lowest BCUT2D eigenvalue weighted by atomic mass is 9.95. The van der Waals surface area contributed by atoms with E-state index in [2.05, 4.69) is 10.6 Å². The van der Waals surface area contributed by atoms with E-state index in [0.717, 1.165) is 27.8 Å². The Morgan fingerprint density at radius 2 is 1.68 bits per heavy atom. The molecule has 0 aliphatic heterocycles. The summed E-state index contributed by atoms with van der Waals surface area (Å²) in [6.07, 6.45) is 0.122. The summed E-state index contributed by atoms with van der Waals surface area (Å²) in [4.78, 5) is 35.1. The summed E-state index contributed by atoms with van der Waals surface area (Å²) in [5, 5.41) is 24.1. The highest BCUT2D eigenvalue weighted by atomic mass is 35.5. The number of carbonyl (C=O) groups excluding carboxylic acids is 1. The van der Waals surface area contributed by atoms with Gasteiger partial charge in [-0.15, -0.1) is 0 Å². The maximum atomic E-state index is 12.5. The highest BCUT2D eigenvalue weighted by Crippen LogP contribution is 2.24. The van der Waals surface area contributed by atoms with E-state index in [1.54, 1.807) is 24.3 Å². The molecular formula is C26H25ClN2O5. The fourth-order valence-corrected chi connectivity index (χ4v) is 3.80. The van der Waals surface area contributed by atoms with E-state index in [4.69, 9.17) is 16.7 Å². The van der Waals surface area contributed by atoms with Crippen LogP contribution >= 0.6 is 11.6 Å². The first kappa shape index (κ1) is 25.0. The first-order chi connectivity index (χ1) is 16.2. The molecular weight excluding hydrogens is 456 g/mol. The minimum Gasteiger partial charge on any atom is -0.480 e. The number of rotatable bonds is 10. The van der Waals surface area contributed by atoms with Crippen molar-refractivity contribution < 1.29 is 24.6 Å². The lowest BCUT2D eigenvalue weighted by Gasteiger charge is -2.17. The van der Waals surface area contributed by atoms with Gasteiger partial charge in [-0.2, -0.15) is 0 Å². The van der Waals surface area contributed by atoms with Gasteiger partial charge in [0.05, 0.1) is 17.1 Å². The van der Waals surface area contributed by atoms with Crippen LogP contribution in [0.25, 0.3) is 11.1 Å². The Labute approximate surface area is 202 Å². The van der Waals surface area contributed by atoms with Gasteiger partial charge in [-0.3, -0.25) is 9.59 Å². The molecule has 0 fully saturated rings. The zero-order valence-electron chi connectivity index (χ0n) is 18.5. The molecule has 8 heteroatoms. The molecule has 3 aromatic carbocycles. The second kappa shape index (κ2) is 11.4. The predicted molar refractivity (Wildman–Crippen MR) is 130 cm³/mol. The average Bonchev–Trinajstić information content (AvgIpc) is 2.80. The normalized spacial score (nSPS) is 11.6. The third kappa shape index (κ3) is 6.66. The Morgan fingerprint density at radius 1 is 0.941 bits per heavy atom. The molecule has 7 nitrogen and oxygen atoms in total. The molecule has 4 N–H and O–H groups in total. The van der Waals surface area contributed by atoms with E-state index in [0.29, 0.717) is 6.54 Å². The van der Waals surface area contributed by atoms with Gasteiger partial charge >= 0.3 is 11.9 Å². The molecule has 0 spiro atoms. The first-order valence-corrected chi connectivity index (χ1v) is 11.0. The van der Waals surface area contributed by atoms with Crippen LogP contribution in [0.2, 0.25) is 5.02 Å². The smallest absolute Gasteiger partial charge is 0.326 e. The molecule has 34 heavy (non-hydrogen) atoms. The number of carbonyl (C=O) groups is 3. The molecule has 0 aromatic heterocycles. The number of benzene rings is 3. The van der Waals surface area contributed by atoms with Crippen molar-refractivity contribution in [2.75, 3.05) is 6.54 Å². The molecule has 1 atom stereocenters. The van der Waals surface area contributed by atoms with Gasteiger partial charge in [0.25, 0.3) is 5.91 Å². The third-order valence-electron chi connectivity index (χ3n) is 5.35. The summed E-state index contributed by atoms with van der Waals surface area (Å²) in [6.45, 7) is 2.21. The van der Waals surface area contributed by atoms with Gasteiger partial charge in [-0.25, -0.2) is 4.79 Å². The number of halogens is 1. The van der Waals surface area contributed by atoms with Crippen molar-refractivity contribution in [3.05, 3.63) is 94.0 Å². The van der Waals surface area contributed by atoms with Crippen LogP contribution in [-0.2, 0) is 22.6 Å². The largest absolute Gasteiger partial charge is 0.480 e. The molecule has 0 heterocycles. The second-order valence-corrected chi connectivity index (χ2v) is 8.29. The molecule has 176 valence electrons. The summed E-state index contributed by atoms with van der Waals surface area (Å²) in [7, 11) is 0. The van der Waals surface area contributed by atoms with Gasteiger partial charge in [0, 0.05) is 13.0 Å². The fraction of sp³-hybridized carbons (Fsp3) is 0.192. The van der Waals surface area contributed by atoms with Gasteiger partial charge in [0.2, 0.25) is 0 Å². The Hall–Kier alpha value is -3.68. The minimum absolute atomic E-state index is 0.115. The highest BCUT2D eigenvalue weighted by molar-refractivity contribution is 6.33. The van der Waals surface area contributed by atoms with Gasteiger partial charge in [-0.05, 0) is 52.9 Å². The van der Waals surface area contributed by atoms with Crippen LogP contribution in [0.15, 0.2) is 66.7 Å². The fourth-order valence-electron chi connectivity index (χ4n) is 3.58. The number of hydrogen-bond donors (Lipinski definition) is 4. The Kier molecular flexibility index (Phi) is 8.40. The summed E-state index contributed by atoms with van der Waals surface area (Å²) in [5.41, 5.74) is 4.79. The molecule has 1 unspecified atom stereocenters. The minimum atomic E-state index is -1.13. The van der Waals surface area contributed by atoms with Crippen molar-refractivity contribution in [1.82, 2.24) is 10.6 Å². The molecule has 3 aromatic rings. The molecule has 0 saturated heterocycles. The number of aliphatic carboxylic acids is 2. The molecule has 0 radical (unpaired) electrons. The van der Waals surface area contributed by atoms with Crippen molar-refractivity contribution in [1.29, 1.82) is 0 Å². The van der Waals surface area contributed by atoms with Crippen molar-refractivity contribution in [3.8, 4) is 11.1 Å². The molecule has 1 amide bonds. The Bertz CT molecular complexity index is 1210. The maximum Gasteiger partial charge on any atom is 0.326 e. The summed E-state index contributed by atoms with van der Waals surface area (Å²) in [5.74, 6) is -2.59. The quantitative estimate of drug-likeness (QED) is 0.349. The predicted octanol–water partition coefficient (Wildman–Crippen LogP) is 3.92. The number of carboxylic acid groups (broad SMARTS) is 2. The lowest BCUT2D eigenvalue weighted by molar-refractivity contribution is -0.139. The van der Waals surface area contributed by atoms with Gasteiger partial charge in [0.15, 0.2) is 0 Å². The average molecular weight is 481 g/mol. The third-order valence-corrected chi connectivity index (χ3v) is 5.68. The van der Waals surface area contributed by atoms with E-state index >= 15 is 0 Å². The summed E-state index contributed by atoms with van der Waals surface area (Å²) < 4.78 is 0. The van der Waals surface area contributed by atoms with Gasteiger partial charge in [0.1, 0.15) is 6.04 Å². The van der Waals surface area contributed by atoms with E-state index in [9.17, 15) is 19.5 Å². The van der Waals surface area contributed by atoms with Crippen LogP contribution in [0.3, 0.4) is 0 Å². The van der Waals surface area contributed by atoms with Crippen LogP contribution in [0.5, 0.6) is 0 Å². The van der Waals surface area contributed by atoms with E-state index < -0.39 is 23.9 Å². The maximum absolute atomic E-state index is 12.5. The van der Waals surface area contributed by atoms with Crippen LogP contribution in [0, 0.1) is 6.92 Å². The zero-order chi connectivity index (χ0) is 24.7. The van der Waals surface area contributed by atoms with Crippen molar-refractivity contribution in [2.45, 2.75) is 25.9 Å². The van der Waals surface area contributed by atoms with Crippen LogP contribution in [-0.4, -0.2) is 40.6 Å². The molecule has 0 saturated carbocycles. The first-order valence-electron chi connectivity index (χ1n) is 10.6. The highest BCUT2D eigenvalue weighted by Gasteiger charge is 2.23. The van der Waals surface area contributed by atoms with Crippen LogP contribution in [0.1, 0.15) is 27.0 Å². The summed E-state index contributed by atoms with van der Waals surface area (Å²) >= 11 is 6.06. The molecule has 3 rings (SSSR count). The Morgan fingerprint density at radius 3 is 2.35 bits per heavy atom. The van der Waals surface area contributed by atoms with Crippen molar-refractivity contribution >= 4 is 29.4 Å². The van der Waals surface area contributed by atoms with Crippen molar-refractivity contribution in [2.24, 2.45) is 0 Å². The van der Waals surface area contributed by atoms with Crippen molar-refractivity contribution in [3.63, 3.8) is 0 Å².